The summed E-state index contributed by atoms with van der Waals surface area (Å²) < 4.78 is 13.9. The van der Waals surface area contributed by atoms with Crippen molar-refractivity contribution in [3.05, 3.63) is 24.0 Å². The van der Waals surface area contributed by atoms with Gasteiger partial charge in [-0.3, -0.25) is 9.59 Å². The molecule has 2 heterocycles. The molecule has 3 rings (SSSR count). The fourth-order valence-corrected chi connectivity index (χ4v) is 2.72. The zero-order chi connectivity index (χ0) is 17.3. The molecule has 1 aromatic carbocycles. The van der Waals surface area contributed by atoms with Gasteiger partial charge in [0.1, 0.15) is 5.82 Å². The molecule has 8 nitrogen and oxygen atoms in total. The van der Waals surface area contributed by atoms with E-state index < -0.39 is 11.2 Å². The number of halogens is 1. The van der Waals surface area contributed by atoms with Gasteiger partial charge in [0.05, 0.1) is 11.5 Å². The van der Waals surface area contributed by atoms with E-state index in [1.165, 1.54) is 18.2 Å². The highest BCUT2D eigenvalue weighted by molar-refractivity contribution is 5.95. The number of anilines is 1. The molecule has 1 saturated heterocycles. The van der Waals surface area contributed by atoms with Gasteiger partial charge >= 0.3 is 0 Å². The zero-order valence-electron chi connectivity index (χ0n) is 13.3. The summed E-state index contributed by atoms with van der Waals surface area (Å²) in [5.41, 5.74) is -0.0338. The minimum atomic E-state index is -0.598. The van der Waals surface area contributed by atoms with E-state index in [1.54, 1.807) is 13.8 Å². The summed E-state index contributed by atoms with van der Waals surface area (Å²) in [5.74, 6) is -1.05. The van der Waals surface area contributed by atoms with Gasteiger partial charge < -0.3 is 10.6 Å². The van der Waals surface area contributed by atoms with Crippen LogP contribution in [-0.2, 0) is 9.59 Å². The van der Waals surface area contributed by atoms with Crippen LogP contribution in [0.25, 0.3) is 11.4 Å². The lowest BCUT2D eigenvalue weighted by molar-refractivity contribution is -0.135. The number of aromatic nitrogens is 4. The molecule has 2 aromatic rings. The maximum atomic E-state index is 13.9. The lowest BCUT2D eigenvalue weighted by Gasteiger charge is -2.33. The average Bonchev–Trinajstić information content (AvgIpc) is 3.06. The maximum absolute atomic E-state index is 13.9. The first-order chi connectivity index (χ1) is 11.4. The number of carbonyl (C=O) groups is 2. The summed E-state index contributed by atoms with van der Waals surface area (Å²) in [7, 11) is 0. The molecular formula is C15H17FN6O2. The van der Waals surface area contributed by atoms with E-state index in [0.29, 0.717) is 12.1 Å². The third-order valence-electron chi connectivity index (χ3n) is 4.07. The lowest BCUT2D eigenvalue weighted by Crippen LogP contribution is -2.49. The highest BCUT2D eigenvalue weighted by Crippen LogP contribution is 2.30. The largest absolute Gasteiger partial charge is 0.355 e. The molecule has 9 heteroatoms. The lowest BCUT2D eigenvalue weighted by atomic mass is 9.78. The average molecular weight is 332 g/mol. The summed E-state index contributed by atoms with van der Waals surface area (Å²) in [6, 6.07) is 4.14. The smallest absolute Gasteiger partial charge is 0.229 e. The van der Waals surface area contributed by atoms with E-state index in [2.05, 4.69) is 31.3 Å². The Morgan fingerprint density at radius 2 is 2.21 bits per heavy atom. The fourth-order valence-electron chi connectivity index (χ4n) is 2.72. The molecule has 0 aliphatic carbocycles. The van der Waals surface area contributed by atoms with Crippen molar-refractivity contribution in [1.82, 2.24) is 25.9 Å². The number of carbonyl (C=O) groups excluding carboxylic acids is 2. The molecule has 1 fully saturated rings. The van der Waals surface area contributed by atoms with Crippen LogP contribution < -0.4 is 10.6 Å². The predicted molar refractivity (Wildman–Crippen MR) is 83.1 cm³/mol. The highest BCUT2D eigenvalue weighted by atomic mass is 19.1. The quantitative estimate of drug-likeness (QED) is 0.779. The standard InChI is InChI=1S/C15H17FN6O2/c1-15(2)6-8(7-17-14(15)24)13(23)18-9-3-4-11(16)10(5-9)12-19-21-22-20-12/h3-5,8H,6-7H2,1-2H3,(H,17,24)(H,18,23)(H,19,20,21,22). The molecule has 0 saturated carbocycles. The molecule has 0 radical (unpaired) electrons. The Bertz CT molecular complexity index is 774. The number of benzene rings is 1. The third kappa shape index (κ3) is 3.10. The number of piperidine rings is 1. The molecule has 0 spiro atoms. The van der Waals surface area contributed by atoms with Crippen molar-refractivity contribution < 1.29 is 14.0 Å². The zero-order valence-corrected chi connectivity index (χ0v) is 13.3. The van der Waals surface area contributed by atoms with Gasteiger partial charge in [-0.25, -0.2) is 4.39 Å². The second kappa shape index (κ2) is 5.99. The maximum Gasteiger partial charge on any atom is 0.229 e. The van der Waals surface area contributed by atoms with Gasteiger partial charge in [0.2, 0.25) is 17.6 Å². The molecule has 1 unspecified atom stereocenters. The molecule has 1 atom stereocenters. The van der Waals surface area contributed by atoms with E-state index in [-0.39, 0.29) is 35.7 Å². The normalized spacial score (nSPS) is 19.6. The first-order valence-electron chi connectivity index (χ1n) is 7.49. The van der Waals surface area contributed by atoms with Crippen molar-refractivity contribution >= 4 is 17.5 Å². The SMILES string of the molecule is CC1(C)CC(C(=O)Nc2ccc(F)c(-c3nn[nH]n3)c2)CNC1=O. The molecule has 3 N–H and O–H groups in total. The van der Waals surface area contributed by atoms with Crippen LogP contribution in [0.3, 0.4) is 0 Å². The Balaban J connectivity index is 1.76. The Hall–Kier alpha value is -2.84. The molecule has 1 aliphatic rings. The summed E-state index contributed by atoms with van der Waals surface area (Å²) >= 11 is 0. The summed E-state index contributed by atoms with van der Waals surface area (Å²) in [4.78, 5) is 24.2. The molecule has 1 aliphatic heterocycles. The van der Waals surface area contributed by atoms with Crippen LogP contribution in [0.15, 0.2) is 18.2 Å². The third-order valence-corrected chi connectivity index (χ3v) is 4.07. The fraction of sp³-hybridized carbons (Fsp3) is 0.400. The Morgan fingerprint density at radius 1 is 1.42 bits per heavy atom. The second-order valence-corrected chi connectivity index (χ2v) is 6.41. The first-order valence-corrected chi connectivity index (χ1v) is 7.49. The summed E-state index contributed by atoms with van der Waals surface area (Å²) in [6.45, 7) is 3.88. The van der Waals surface area contributed by atoms with Crippen LogP contribution in [0, 0.1) is 17.2 Å². The number of hydrogen-bond donors (Lipinski definition) is 3. The monoisotopic (exact) mass is 332 g/mol. The van der Waals surface area contributed by atoms with Gasteiger partial charge in [0.15, 0.2) is 0 Å². The number of hydrogen-bond acceptors (Lipinski definition) is 5. The number of nitrogens with one attached hydrogen (secondary N) is 3. The molecular weight excluding hydrogens is 315 g/mol. The van der Waals surface area contributed by atoms with E-state index in [1.807, 2.05) is 0 Å². The number of rotatable bonds is 3. The Morgan fingerprint density at radius 3 is 2.88 bits per heavy atom. The Labute approximate surface area is 137 Å². The van der Waals surface area contributed by atoms with Gasteiger partial charge in [0, 0.05) is 17.6 Å². The van der Waals surface area contributed by atoms with E-state index in [4.69, 9.17) is 0 Å². The van der Waals surface area contributed by atoms with Crippen LogP contribution in [-0.4, -0.2) is 39.0 Å². The number of H-pyrrole nitrogens is 1. The van der Waals surface area contributed by atoms with Crippen LogP contribution in [0.4, 0.5) is 10.1 Å². The Kier molecular flexibility index (Phi) is 4.00. The number of nitrogens with zero attached hydrogens (tertiary/aromatic N) is 3. The number of aromatic amines is 1. The molecule has 0 bridgehead atoms. The van der Waals surface area contributed by atoms with Crippen LogP contribution in [0.5, 0.6) is 0 Å². The topological polar surface area (TPSA) is 113 Å². The first kappa shape index (κ1) is 16.0. The van der Waals surface area contributed by atoms with E-state index in [9.17, 15) is 14.0 Å². The molecule has 126 valence electrons. The van der Waals surface area contributed by atoms with Gasteiger partial charge in [-0.05, 0) is 29.8 Å². The van der Waals surface area contributed by atoms with Crippen molar-refractivity contribution in [2.45, 2.75) is 20.3 Å². The number of tetrazole rings is 1. The van der Waals surface area contributed by atoms with Crippen molar-refractivity contribution in [3.63, 3.8) is 0 Å². The van der Waals surface area contributed by atoms with Gasteiger partial charge in [0.25, 0.3) is 0 Å². The van der Waals surface area contributed by atoms with Crippen molar-refractivity contribution in [3.8, 4) is 11.4 Å². The number of amides is 2. The summed E-state index contributed by atoms with van der Waals surface area (Å²) in [6.07, 6.45) is 0.448. The van der Waals surface area contributed by atoms with Gasteiger partial charge in [-0.15, -0.1) is 10.2 Å². The van der Waals surface area contributed by atoms with Crippen molar-refractivity contribution in [1.29, 1.82) is 0 Å². The summed E-state index contributed by atoms with van der Waals surface area (Å²) in [5, 5.41) is 18.6. The molecule has 24 heavy (non-hydrogen) atoms. The minimum absolute atomic E-state index is 0.0623. The van der Waals surface area contributed by atoms with Crippen LogP contribution in [0.1, 0.15) is 20.3 Å². The van der Waals surface area contributed by atoms with Crippen molar-refractivity contribution in [2.24, 2.45) is 11.3 Å². The van der Waals surface area contributed by atoms with Crippen LogP contribution >= 0.6 is 0 Å². The molecule has 2 amide bonds. The second-order valence-electron chi connectivity index (χ2n) is 6.41. The van der Waals surface area contributed by atoms with Gasteiger partial charge in [-0.1, -0.05) is 13.8 Å². The predicted octanol–water partition coefficient (Wildman–Crippen LogP) is 1.11. The van der Waals surface area contributed by atoms with E-state index >= 15 is 0 Å². The van der Waals surface area contributed by atoms with E-state index in [0.717, 1.165) is 0 Å². The van der Waals surface area contributed by atoms with Crippen molar-refractivity contribution in [2.75, 3.05) is 11.9 Å². The highest BCUT2D eigenvalue weighted by Gasteiger charge is 2.38. The molecule has 1 aromatic heterocycles. The van der Waals surface area contributed by atoms with Gasteiger partial charge in [-0.2, -0.15) is 5.21 Å². The minimum Gasteiger partial charge on any atom is -0.355 e. The van der Waals surface area contributed by atoms with Crippen LogP contribution in [0.2, 0.25) is 0 Å².